The van der Waals surface area contributed by atoms with Crippen molar-refractivity contribution in [1.82, 2.24) is 10.4 Å². The maximum atomic E-state index is 5.81. The van der Waals surface area contributed by atoms with E-state index in [1.807, 2.05) is 37.3 Å². The highest BCUT2D eigenvalue weighted by molar-refractivity contribution is 7.80. The number of benzene rings is 1. The molecule has 0 amide bonds. The topological polar surface area (TPSA) is 49.3 Å². The molecule has 0 spiro atoms. The van der Waals surface area contributed by atoms with Gasteiger partial charge in [-0.2, -0.15) is 5.10 Å². The van der Waals surface area contributed by atoms with Crippen molar-refractivity contribution >= 4 is 40.3 Å². The second kappa shape index (κ2) is 6.98. The summed E-state index contributed by atoms with van der Waals surface area (Å²) in [7, 11) is 0. The Kier molecular flexibility index (Phi) is 5.03. The van der Waals surface area contributed by atoms with E-state index >= 15 is 0 Å². The van der Waals surface area contributed by atoms with Gasteiger partial charge in [0.2, 0.25) is 0 Å². The summed E-state index contributed by atoms with van der Waals surface area (Å²) in [5.41, 5.74) is 5.18. The largest absolute Gasteiger partial charge is 0.331 e. The Balaban J connectivity index is 1.93. The highest BCUT2D eigenvalue weighted by atomic mass is 35.5. The number of hydrazone groups is 1. The van der Waals surface area contributed by atoms with Gasteiger partial charge in [0.05, 0.1) is 11.4 Å². The average Bonchev–Trinajstić information content (AvgIpc) is 2.48. The normalized spacial score (nSPS) is 11.0. The summed E-state index contributed by atoms with van der Waals surface area (Å²) in [5, 5.41) is 8.28. The molecule has 1 aromatic carbocycles. The van der Waals surface area contributed by atoms with Gasteiger partial charge in [-0.15, -0.1) is 0 Å². The molecule has 4 nitrogen and oxygen atoms in total. The first-order valence-electron chi connectivity index (χ1n) is 5.93. The number of thiocarbonyl (C=S) groups is 1. The molecule has 0 atom stereocenters. The van der Waals surface area contributed by atoms with Gasteiger partial charge in [-0.1, -0.05) is 17.7 Å². The lowest BCUT2D eigenvalue weighted by molar-refractivity contribution is 1.03. The molecule has 0 aliphatic heterocycles. The molecule has 102 valence electrons. The van der Waals surface area contributed by atoms with Crippen LogP contribution in [0.5, 0.6) is 0 Å². The molecule has 20 heavy (non-hydrogen) atoms. The Morgan fingerprint density at radius 1 is 1.20 bits per heavy atom. The molecule has 0 bridgehead atoms. The summed E-state index contributed by atoms with van der Waals surface area (Å²) >= 11 is 11.0. The summed E-state index contributed by atoms with van der Waals surface area (Å²) in [5.74, 6) is 0. The molecule has 2 N–H and O–H groups in total. The van der Waals surface area contributed by atoms with Crippen LogP contribution in [0.1, 0.15) is 12.6 Å². The molecular weight excluding hydrogens is 292 g/mol. The Hall–Kier alpha value is -1.98. The Morgan fingerprint density at radius 2 is 1.95 bits per heavy atom. The molecule has 1 heterocycles. The van der Waals surface area contributed by atoms with Crippen LogP contribution >= 0.6 is 23.8 Å². The van der Waals surface area contributed by atoms with E-state index < -0.39 is 0 Å². The van der Waals surface area contributed by atoms with Gasteiger partial charge in [0.25, 0.3) is 0 Å². The van der Waals surface area contributed by atoms with Crippen molar-refractivity contribution in [2.75, 3.05) is 5.32 Å². The lowest BCUT2D eigenvalue weighted by atomic mass is 10.3. The first kappa shape index (κ1) is 14.4. The minimum Gasteiger partial charge on any atom is -0.331 e. The van der Waals surface area contributed by atoms with E-state index in [0.717, 1.165) is 17.1 Å². The zero-order valence-corrected chi connectivity index (χ0v) is 12.4. The van der Waals surface area contributed by atoms with E-state index in [-0.39, 0.29) is 0 Å². The fraction of sp³-hybridized carbons (Fsp3) is 0.0714. The van der Waals surface area contributed by atoms with Crippen molar-refractivity contribution in [2.45, 2.75) is 6.92 Å². The van der Waals surface area contributed by atoms with E-state index in [4.69, 9.17) is 23.8 Å². The fourth-order valence-electron chi connectivity index (χ4n) is 1.46. The summed E-state index contributed by atoms with van der Waals surface area (Å²) in [6, 6.07) is 12.9. The second-order valence-electron chi connectivity index (χ2n) is 3.99. The first-order chi connectivity index (χ1) is 9.65. The smallest absolute Gasteiger partial charge is 0.191 e. The molecule has 0 unspecified atom stereocenters. The zero-order chi connectivity index (χ0) is 14.4. The average molecular weight is 305 g/mol. The van der Waals surface area contributed by atoms with Crippen molar-refractivity contribution < 1.29 is 0 Å². The van der Waals surface area contributed by atoms with Crippen molar-refractivity contribution in [3.8, 4) is 0 Å². The van der Waals surface area contributed by atoms with E-state index in [1.165, 1.54) is 0 Å². The number of aromatic nitrogens is 1. The number of rotatable bonds is 3. The number of anilines is 1. The van der Waals surface area contributed by atoms with Crippen LogP contribution in [-0.2, 0) is 0 Å². The SMILES string of the molecule is C/C(=N/NC(=S)Nc1ccc(Cl)cc1)c1ccccn1. The van der Waals surface area contributed by atoms with Crippen molar-refractivity contribution in [3.05, 3.63) is 59.4 Å². The first-order valence-corrected chi connectivity index (χ1v) is 6.72. The van der Waals surface area contributed by atoms with Crippen LogP contribution in [-0.4, -0.2) is 15.8 Å². The third kappa shape index (κ3) is 4.29. The Labute approximate surface area is 127 Å². The lowest BCUT2D eigenvalue weighted by Gasteiger charge is -2.07. The summed E-state index contributed by atoms with van der Waals surface area (Å²) in [4.78, 5) is 4.20. The van der Waals surface area contributed by atoms with Gasteiger partial charge in [-0.05, 0) is 55.5 Å². The van der Waals surface area contributed by atoms with Gasteiger partial charge < -0.3 is 5.32 Å². The number of pyridine rings is 1. The fourth-order valence-corrected chi connectivity index (χ4v) is 1.75. The zero-order valence-electron chi connectivity index (χ0n) is 10.8. The van der Waals surface area contributed by atoms with E-state index in [1.54, 1.807) is 18.3 Å². The van der Waals surface area contributed by atoms with Crippen LogP contribution < -0.4 is 10.7 Å². The highest BCUT2D eigenvalue weighted by Crippen LogP contribution is 2.13. The molecule has 0 fully saturated rings. The number of halogens is 1. The third-order valence-electron chi connectivity index (χ3n) is 2.46. The lowest BCUT2D eigenvalue weighted by Crippen LogP contribution is -2.25. The predicted molar refractivity (Wildman–Crippen MR) is 87.3 cm³/mol. The standard InChI is InChI=1S/C14H13ClN4S/c1-10(13-4-2-3-9-16-13)18-19-14(20)17-12-7-5-11(15)6-8-12/h2-9H,1H3,(H2,17,19,20)/b18-10-. The Morgan fingerprint density at radius 3 is 2.60 bits per heavy atom. The molecular formula is C14H13ClN4S. The van der Waals surface area contributed by atoms with Crippen LogP contribution in [0.25, 0.3) is 0 Å². The molecule has 0 radical (unpaired) electrons. The predicted octanol–water partition coefficient (Wildman–Crippen LogP) is 3.45. The van der Waals surface area contributed by atoms with Gasteiger partial charge in [0.15, 0.2) is 5.11 Å². The molecule has 6 heteroatoms. The van der Waals surface area contributed by atoms with Crippen molar-refractivity contribution in [2.24, 2.45) is 5.10 Å². The van der Waals surface area contributed by atoms with Gasteiger partial charge >= 0.3 is 0 Å². The van der Waals surface area contributed by atoms with Crippen LogP contribution in [0.2, 0.25) is 5.02 Å². The second-order valence-corrected chi connectivity index (χ2v) is 4.83. The Bertz CT molecular complexity index is 611. The number of nitrogens with one attached hydrogen (secondary N) is 2. The number of hydrogen-bond acceptors (Lipinski definition) is 3. The van der Waals surface area contributed by atoms with Crippen LogP contribution in [0.4, 0.5) is 5.69 Å². The van der Waals surface area contributed by atoms with E-state index in [2.05, 4.69) is 20.8 Å². The molecule has 0 aliphatic rings. The van der Waals surface area contributed by atoms with Crippen LogP contribution in [0.3, 0.4) is 0 Å². The van der Waals surface area contributed by atoms with E-state index in [9.17, 15) is 0 Å². The van der Waals surface area contributed by atoms with Crippen molar-refractivity contribution in [3.63, 3.8) is 0 Å². The van der Waals surface area contributed by atoms with Crippen LogP contribution in [0.15, 0.2) is 53.8 Å². The van der Waals surface area contributed by atoms with Gasteiger partial charge in [0.1, 0.15) is 0 Å². The monoisotopic (exact) mass is 304 g/mol. The quantitative estimate of drug-likeness (QED) is 0.518. The number of nitrogens with zero attached hydrogens (tertiary/aromatic N) is 2. The molecule has 0 aliphatic carbocycles. The van der Waals surface area contributed by atoms with Crippen molar-refractivity contribution in [1.29, 1.82) is 0 Å². The van der Waals surface area contributed by atoms with Gasteiger partial charge in [0, 0.05) is 16.9 Å². The molecule has 1 aromatic heterocycles. The maximum absolute atomic E-state index is 5.81. The maximum Gasteiger partial charge on any atom is 0.191 e. The number of hydrogen-bond donors (Lipinski definition) is 2. The summed E-state index contributed by atoms with van der Waals surface area (Å²) in [6.45, 7) is 1.86. The summed E-state index contributed by atoms with van der Waals surface area (Å²) < 4.78 is 0. The molecule has 0 saturated heterocycles. The van der Waals surface area contributed by atoms with E-state index in [0.29, 0.717) is 10.1 Å². The summed E-state index contributed by atoms with van der Waals surface area (Å²) in [6.07, 6.45) is 1.72. The van der Waals surface area contributed by atoms with Gasteiger partial charge in [-0.3, -0.25) is 10.4 Å². The third-order valence-corrected chi connectivity index (χ3v) is 2.91. The minimum absolute atomic E-state index is 0.405. The van der Waals surface area contributed by atoms with Gasteiger partial charge in [-0.25, -0.2) is 0 Å². The molecule has 2 aromatic rings. The highest BCUT2D eigenvalue weighted by Gasteiger charge is 1.99. The molecule has 2 rings (SSSR count). The molecule has 0 saturated carbocycles. The van der Waals surface area contributed by atoms with Crippen LogP contribution in [0, 0.1) is 0 Å². The minimum atomic E-state index is 0.405.